The lowest BCUT2D eigenvalue weighted by atomic mass is 10.0. The zero-order chi connectivity index (χ0) is 15.4. The molecule has 2 aromatic rings. The molecule has 0 radical (unpaired) electrons. The fourth-order valence-electron chi connectivity index (χ4n) is 2.06. The predicted octanol–water partition coefficient (Wildman–Crippen LogP) is 3.68. The number of pyridine rings is 1. The number of rotatable bonds is 5. The number of nitrogens with one attached hydrogen (secondary N) is 1. The monoisotopic (exact) mass is 284 g/mol. The number of carboxylic acids is 1. The molecule has 0 fully saturated rings. The van der Waals surface area contributed by atoms with Crippen LogP contribution in [-0.4, -0.2) is 22.6 Å². The van der Waals surface area contributed by atoms with E-state index in [0.29, 0.717) is 5.92 Å². The Kier molecular flexibility index (Phi) is 4.58. The van der Waals surface area contributed by atoms with Gasteiger partial charge in [0.25, 0.3) is 0 Å². The quantitative estimate of drug-likeness (QED) is 0.879. The third-order valence-electron chi connectivity index (χ3n) is 3.42. The summed E-state index contributed by atoms with van der Waals surface area (Å²) in [6.45, 7) is 6.13. The van der Waals surface area contributed by atoms with Crippen molar-refractivity contribution in [1.82, 2.24) is 4.98 Å². The zero-order valence-electron chi connectivity index (χ0n) is 12.6. The van der Waals surface area contributed by atoms with Crippen molar-refractivity contribution >= 4 is 11.7 Å². The number of hydrogen-bond acceptors (Lipinski definition) is 3. The summed E-state index contributed by atoms with van der Waals surface area (Å²) in [6, 6.07) is 9.99. The van der Waals surface area contributed by atoms with E-state index >= 15 is 0 Å². The number of hydrogen-bond donors (Lipinski definition) is 2. The van der Waals surface area contributed by atoms with Gasteiger partial charge in [-0.1, -0.05) is 32.0 Å². The molecule has 0 amide bonds. The van der Waals surface area contributed by atoms with Crippen LogP contribution in [0.2, 0.25) is 0 Å². The molecule has 0 spiro atoms. The molecule has 0 aliphatic rings. The summed E-state index contributed by atoms with van der Waals surface area (Å²) in [4.78, 5) is 15.2. The average Bonchev–Trinajstić information content (AvgIpc) is 2.46. The molecule has 0 atom stereocenters. The standard InChI is InChI=1S/C17H20N2O2/c1-11(2)14-6-7-15(18-9-14)13-5-4-12(3)16(8-13)19-10-17(20)21/h4-9,11,19H,10H2,1-3H3,(H,20,21). The van der Waals surface area contributed by atoms with Crippen molar-refractivity contribution in [3.63, 3.8) is 0 Å². The minimum Gasteiger partial charge on any atom is -0.480 e. The number of benzene rings is 1. The summed E-state index contributed by atoms with van der Waals surface area (Å²) in [6.07, 6.45) is 1.89. The second-order valence-electron chi connectivity index (χ2n) is 5.41. The van der Waals surface area contributed by atoms with E-state index in [9.17, 15) is 4.79 Å². The molecular weight excluding hydrogens is 264 g/mol. The summed E-state index contributed by atoms with van der Waals surface area (Å²) in [5.41, 5.74) is 4.90. The van der Waals surface area contributed by atoms with Crippen molar-refractivity contribution in [2.75, 3.05) is 11.9 Å². The van der Waals surface area contributed by atoms with E-state index in [2.05, 4.69) is 30.2 Å². The molecule has 0 saturated carbocycles. The first kappa shape index (κ1) is 15.0. The number of carboxylic acid groups (broad SMARTS) is 1. The van der Waals surface area contributed by atoms with Gasteiger partial charge in [-0.3, -0.25) is 9.78 Å². The van der Waals surface area contributed by atoms with E-state index in [1.54, 1.807) is 0 Å². The highest BCUT2D eigenvalue weighted by Crippen LogP contribution is 2.25. The van der Waals surface area contributed by atoms with Gasteiger partial charge in [0.15, 0.2) is 0 Å². The molecule has 1 aromatic heterocycles. The maximum absolute atomic E-state index is 10.7. The first-order chi connectivity index (χ1) is 9.97. The molecule has 1 heterocycles. The van der Waals surface area contributed by atoms with Gasteiger partial charge in [0.05, 0.1) is 5.69 Å². The van der Waals surface area contributed by atoms with Crippen LogP contribution in [0.5, 0.6) is 0 Å². The largest absolute Gasteiger partial charge is 0.480 e. The van der Waals surface area contributed by atoms with Crippen LogP contribution in [-0.2, 0) is 4.79 Å². The van der Waals surface area contributed by atoms with Crippen LogP contribution in [0.3, 0.4) is 0 Å². The molecule has 4 nitrogen and oxygen atoms in total. The summed E-state index contributed by atoms with van der Waals surface area (Å²) in [5, 5.41) is 11.7. The van der Waals surface area contributed by atoms with Gasteiger partial charge in [0.2, 0.25) is 0 Å². The van der Waals surface area contributed by atoms with E-state index in [4.69, 9.17) is 5.11 Å². The maximum Gasteiger partial charge on any atom is 0.322 e. The van der Waals surface area contributed by atoms with Crippen LogP contribution < -0.4 is 5.32 Å². The van der Waals surface area contributed by atoms with E-state index in [1.807, 2.05) is 37.4 Å². The molecule has 21 heavy (non-hydrogen) atoms. The van der Waals surface area contributed by atoms with Gasteiger partial charge in [-0.15, -0.1) is 0 Å². The van der Waals surface area contributed by atoms with E-state index < -0.39 is 5.97 Å². The lowest BCUT2D eigenvalue weighted by molar-refractivity contribution is -0.134. The minimum absolute atomic E-state index is 0.0932. The molecule has 0 bridgehead atoms. The Bertz CT molecular complexity index is 634. The second-order valence-corrected chi connectivity index (χ2v) is 5.41. The normalized spacial score (nSPS) is 10.7. The smallest absolute Gasteiger partial charge is 0.322 e. The van der Waals surface area contributed by atoms with Crippen LogP contribution in [0.15, 0.2) is 36.5 Å². The van der Waals surface area contributed by atoms with E-state index in [-0.39, 0.29) is 6.54 Å². The molecule has 0 aliphatic carbocycles. The van der Waals surface area contributed by atoms with Crippen LogP contribution in [0, 0.1) is 6.92 Å². The van der Waals surface area contributed by atoms with Gasteiger partial charge in [-0.2, -0.15) is 0 Å². The van der Waals surface area contributed by atoms with Crippen molar-refractivity contribution in [3.05, 3.63) is 47.7 Å². The molecule has 110 valence electrons. The fourth-order valence-corrected chi connectivity index (χ4v) is 2.06. The molecule has 0 unspecified atom stereocenters. The molecule has 0 aliphatic heterocycles. The maximum atomic E-state index is 10.7. The summed E-state index contributed by atoms with van der Waals surface area (Å²) >= 11 is 0. The molecule has 2 N–H and O–H groups in total. The van der Waals surface area contributed by atoms with Crippen LogP contribution >= 0.6 is 0 Å². The number of aromatic nitrogens is 1. The first-order valence-electron chi connectivity index (χ1n) is 7.00. The van der Waals surface area contributed by atoms with Crippen molar-refractivity contribution in [1.29, 1.82) is 0 Å². The van der Waals surface area contributed by atoms with E-state index in [1.165, 1.54) is 5.56 Å². The second kappa shape index (κ2) is 6.39. The number of aryl methyl sites for hydroxylation is 1. The number of carbonyl (C=O) groups is 1. The SMILES string of the molecule is Cc1ccc(-c2ccc(C(C)C)cn2)cc1NCC(=O)O. The third-order valence-corrected chi connectivity index (χ3v) is 3.42. The topological polar surface area (TPSA) is 62.2 Å². The van der Waals surface area contributed by atoms with Gasteiger partial charge in [0.1, 0.15) is 6.54 Å². The lowest BCUT2D eigenvalue weighted by Gasteiger charge is -2.11. The Labute approximate surface area is 124 Å². The van der Waals surface area contributed by atoms with Gasteiger partial charge in [-0.25, -0.2) is 0 Å². The van der Waals surface area contributed by atoms with Gasteiger partial charge in [0, 0.05) is 17.4 Å². The summed E-state index contributed by atoms with van der Waals surface area (Å²) in [5.74, 6) is -0.420. The summed E-state index contributed by atoms with van der Waals surface area (Å²) < 4.78 is 0. The number of nitrogens with zero attached hydrogens (tertiary/aromatic N) is 1. The van der Waals surface area contributed by atoms with Crippen LogP contribution in [0.4, 0.5) is 5.69 Å². The van der Waals surface area contributed by atoms with Crippen molar-refractivity contribution in [2.24, 2.45) is 0 Å². The minimum atomic E-state index is -0.876. The number of anilines is 1. The molecule has 0 saturated heterocycles. The molecule has 2 rings (SSSR count). The molecule has 4 heteroatoms. The average molecular weight is 284 g/mol. The Morgan fingerprint density at radius 3 is 2.62 bits per heavy atom. The molecule has 1 aromatic carbocycles. The Balaban J connectivity index is 2.27. The first-order valence-corrected chi connectivity index (χ1v) is 7.00. The van der Waals surface area contributed by atoms with Crippen molar-refractivity contribution < 1.29 is 9.90 Å². The summed E-state index contributed by atoms with van der Waals surface area (Å²) in [7, 11) is 0. The van der Waals surface area contributed by atoms with Gasteiger partial charge in [-0.05, 0) is 36.1 Å². The Morgan fingerprint density at radius 2 is 2.05 bits per heavy atom. The van der Waals surface area contributed by atoms with E-state index in [0.717, 1.165) is 22.5 Å². The fraction of sp³-hybridized carbons (Fsp3) is 0.294. The lowest BCUT2D eigenvalue weighted by Crippen LogP contribution is -2.13. The van der Waals surface area contributed by atoms with Gasteiger partial charge >= 0.3 is 5.97 Å². The zero-order valence-corrected chi connectivity index (χ0v) is 12.6. The van der Waals surface area contributed by atoms with Gasteiger partial charge < -0.3 is 10.4 Å². The highest BCUT2D eigenvalue weighted by Gasteiger charge is 2.06. The molecular formula is C17H20N2O2. The number of aliphatic carboxylic acids is 1. The van der Waals surface area contributed by atoms with Crippen LogP contribution in [0.1, 0.15) is 30.9 Å². The van der Waals surface area contributed by atoms with Crippen molar-refractivity contribution in [3.8, 4) is 11.3 Å². The van der Waals surface area contributed by atoms with Crippen molar-refractivity contribution in [2.45, 2.75) is 26.7 Å². The third kappa shape index (κ3) is 3.81. The Hall–Kier alpha value is -2.36. The highest BCUT2D eigenvalue weighted by molar-refractivity contribution is 5.75. The predicted molar refractivity (Wildman–Crippen MR) is 84.6 cm³/mol. The van der Waals surface area contributed by atoms with Crippen LogP contribution in [0.25, 0.3) is 11.3 Å². The Morgan fingerprint density at radius 1 is 1.29 bits per heavy atom. The highest BCUT2D eigenvalue weighted by atomic mass is 16.4.